The van der Waals surface area contributed by atoms with Gasteiger partial charge in [-0.1, -0.05) is 0 Å². The van der Waals surface area contributed by atoms with E-state index in [1.807, 2.05) is 32.1 Å². The first-order valence-electron chi connectivity index (χ1n) is 16.8. The molecular formula is C30H50FeN9O4P3+2. The van der Waals surface area contributed by atoms with E-state index in [0.29, 0.717) is 52.9 Å². The molecule has 17 heteroatoms. The van der Waals surface area contributed by atoms with Crippen molar-refractivity contribution in [2.45, 2.75) is 6.42 Å². The molecule has 8 rings (SSSR count). The molecule has 2 aliphatic carbocycles. The maximum absolute atomic E-state index is 6.15. The van der Waals surface area contributed by atoms with Crippen LogP contribution >= 0.6 is 22.5 Å². The van der Waals surface area contributed by atoms with Crippen molar-refractivity contribution in [1.82, 2.24) is 28.4 Å². The molecule has 7 fully saturated rings. The third-order valence-corrected chi connectivity index (χ3v) is 21.4. The molecule has 1 atom stereocenters. The number of morpholine rings is 4. The molecule has 47 heavy (non-hydrogen) atoms. The maximum atomic E-state index is 6.15. The molecule has 0 amide bonds. The molecule has 2 saturated carbocycles. The van der Waals surface area contributed by atoms with E-state index in [1.165, 1.54) is 5.92 Å². The van der Waals surface area contributed by atoms with Gasteiger partial charge >= 0.3 is 17.1 Å². The number of nitrogens with zero attached hydrogens (tertiary/aromatic N) is 8. The van der Waals surface area contributed by atoms with Gasteiger partial charge in [-0.15, -0.1) is 0 Å². The Balaban J connectivity index is 0.000000591. The third kappa shape index (κ3) is 8.56. The second-order valence-electron chi connectivity index (χ2n) is 12.1. The zero-order valence-corrected chi connectivity index (χ0v) is 31.0. The van der Waals surface area contributed by atoms with E-state index < -0.39 is 22.5 Å². The second-order valence-corrected chi connectivity index (χ2v) is 20.7. The molecule has 1 unspecified atom stereocenters. The fourth-order valence-corrected chi connectivity index (χ4v) is 22.1. The van der Waals surface area contributed by atoms with Gasteiger partial charge in [0.2, 0.25) is 22.5 Å². The Labute approximate surface area is 294 Å². The van der Waals surface area contributed by atoms with Gasteiger partial charge in [-0.05, 0) is 70.1 Å². The summed E-state index contributed by atoms with van der Waals surface area (Å²) >= 11 is 0. The van der Waals surface area contributed by atoms with Crippen molar-refractivity contribution < 1.29 is 36.0 Å². The molecule has 0 aromatic rings. The standard InChI is InChI=1S/C25H45N9O4P3.C5H5.Fe/c1-2-5-25(4-1)24-34-7-3-6-26-39(34)27-40(30-8-16-35-17-9-30,31-10-18-36-19-11-31)29-41(28-39,32-12-20-37-21-13-32)33-14-22-38-23-15-33;1-2-4-5-3-1;/h1-2,4-5,26H,3,6-24H2;1-5H;/q;;+2. The molecule has 6 aliphatic heterocycles. The van der Waals surface area contributed by atoms with E-state index in [0.717, 1.165) is 78.4 Å². The van der Waals surface area contributed by atoms with Crippen LogP contribution in [0.1, 0.15) is 6.42 Å². The normalized spacial score (nSPS) is 33.2. The van der Waals surface area contributed by atoms with Crippen LogP contribution in [0.5, 0.6) is 0 Å². The van der Waals surface area contributed by atoms with E-state index in [4.69, 9.17) is 32.5 Å². The minimum absolute atomic E-state index is 0. The average molecular weight is 750 g/mol. The van der Waals surface area contributed by atoms with Gasteiger partial charge in [-0.25, -0.2) is 23.4 Å². The summed E-state index contributed by atoms with van der Waals surface area (Å²) in [6, 6.07) is 0. The molecule has 260 valence electrons. The van der Waals surface area contributed by atoms with Crippen LogP contribution in [0.15, 0.2) is 13.5 Å². The molecule has 8 aliphatic rings. The Kier molecular flexibility index (Phi) is 14.4. The van der Waals surface area contributed by atoms with Gasteiger partial charge in [0.05, 0.1) is 52.9 Å². The minimum atomic E-state index is -2.56. The molecule has 13 nitrogen and oxygen atoms in total. The Bertz CT molecular complexity index is 1060. The zero-order valence-electron chi connectivity index (χ0n) is 27.2. The Morgan fingerprint density at radius 1 is 0.532 bits per heavy atom. The zero-order chi connectivity index (χ0) is 31.1. The molecule has 0 bridgehead atoms. The Morgan fingerprint density at radius 2 is 0.936 bits per heavy atom. The monoisotopic (exact) mass is 749 g/mol. The fourth-order valence-electron chi connectivity index (χ4n) is 6.78. The van der Waals surface area contributed by atoms with Crippen LogP contribution < -0.4 is 5.09 Å². The number of hydrogen-bond acceptors (Lipinski definition) is 13. The van der Waals surface area contributed by atoms with Crippen molar-refractivity contribution >= 4 is 22.5 Å². The number of hydrogen-bond donors (Lipinski definition) is 1. The van der Waals surface area contributed by atoms with Gasteiger partial charge in [0.1, 0.15) is 0 Å². The molecule has 0 aromatic carbocycles. The molecule has 0 aromatic heterocycles. The summed E-state index contributed by atoms with van der Waals surface area (Å²) in [7, 11) is -7.67. The van der Waals surface area contributed by atoms with Gasteiger partial charge in [0.25, 0.3) is 0 Å². The number of ether oxygens (including phenoxy) is 4. The van der Waals surface area contributed by atoms with Crippen molar-refractivity contribution in [2.75, 3.05) is 125 Å². The first kappa shape index (κ1) is 37.6. The van der Waals surface area contributed by atoms with E-state index >= 15 is 0 Å². The fraction of sp³-hybridized carbons (Fsp3) is 0.667. The van der Waals surface area contributed by atoms with Gasteiger partial charge in [0.15, 0.2) is 0 Å². The summed E-state index contributed by atoms with van der Waals surface area (Å²) in [4.78, 5) is 0. The molecule has 1 N–H and O–H groups in total. The Hall–Kier alpha value is 0.809. The smallest absolute Gasteiger partial charge is 0.379 e. The summed E-state index contributed by atoms with van der Waals surface area (Å²) in [5.74, 6) is 1.32. The summed E-state index contributed by atoms with van der Waals surface area (Å²) in [6.07, 6.45) is 19.8. The molecule has 10 radical (unpaired) electrons. The average Bonchev–Trinajstić information content (AvgIpc) is 3.89. The van der Waals surface area contributed by atoms with Gasteiger partial charge < -0.3 is 18.9 Å². The van der Waals surface area contributed by atoms with Crippen molar-refractivity contribution in [1.29, 1.82) is 0 Å². The summed E-state index contributed by atoms with van der Waals surface area (Å²) in [6.45, 7) is 15.2. The van der Waals surface area contributed by atoms with E-state index in [2.05, 4.69) is 54.1 Å². The van der Waals surface area contributed by atoms with Crippen LogP contribution in [0.4, 0.5) is 0 Å². The van der Waals surface area contributed by atoms with Gasteiger partial charge in [0, 0.05) is 72.0 Å². The van der Waals surface area contributed by atoms with Crippen molar-refractivity contribution in [2.24, 2.45) is 13.5 Å². The van der Waals surface area contributed by atoms with Gasteiger partial charge in [-0.3, -0.25) is 5.09 Å². The van der Waals surface area contributed by atoms with Crippen molar-refractivity contribution in [3.8, 4) is 0 Å². The number of nitrogens with one attached hydrogen (secondary N) is 1. The molecular weight excluding hydrogens is 699 g/mol. The van der Waals surface area contributed by atoms with E-state index in [-0.39, 0.29) is 17.1 Å². The minimum Gasteiger partial charge on any atom is -0.379 e. The van der Waals surface area contributed by atoms with Crippen LogP contribution in [0, 0.1) is 63.7 Å². The molecule has 1 spiro atoms. The maximum Gasteiger partial charge on any atom is 2.00 e. The first-order chi connectivity index (χ1) is 22.7. The molecule has 6 heterocycles. The van der Waals surface area contributed by atoms with Crippen molar-refractivity contribution in [3.63, 3.8) is 0 Å². The van der Waals surface area contributed by atoms with Crippen LogP contribution in [-0.4, -0.2) is 148 Å². The SMILES string of the molecule is [CH]1[CH][CH][CH][CH]1.[CH]1[CH][CH][C](CN2CCCNP23=NP(N2CCOCC2)(N2CCOCC2)=NP(N2CCOCC2)(N2CCOCC2)=N3)[CH]1.[Fe+2]. The summed E-state index contributed by atoms with van der Waals surface area (Å²) in [5.41, 5.74) is 0. The predicted molar refractivity (Wildman–Crippen MR) is 184 cm³/mol. The third-order valence-electron chi connectivity index (χ3n) is 9.16. The Morgan fingerprint density at radius 3 is 1.36 bits per heavy atom. The summed E-state index contributed by atoms with van der Waals surface area (Å²) in [5, 5.41) is 4.03. The second kappa shape index (κ2) is 18.0. The van der Waals surface area contributed by atoms with Crippen LogP contribution in [-0.2, 0) is 36.0 Å². The topological polar surface area (TPSA) is 102 Å². The quantitative estimate of drug-likeness (QED) is 0.318. The predicted octanol–water partition coefficient (Wildman–Crippen LogP) is 3.89. The first-order valence-corrected chi connectivity index (χ1v) is 21.7. The van der Waals surface area contributed by atoms with E-state index in [9.17, 15) is 0 Å². The van der Waals surface area contributed by atoms with Gasteiger partial charge in [-0.2, -0.15) is 13.5 Å². The van der Waals surface area contributed by atoms with Crippen LogP contribution in [0.2, 0.25) is 0 Å². The summed E-state index contributed by atoms with van der Waals surface area (Å²) < 4.78 is 54.9. The molecule has 5 saturated heterocycles. The van der Waals surface area contributed by atoms with Crippen LogP contribution in [0.25, 0.3) is 0 Å². The van der Waals surface area contributed by atoms with Crippen molar-refractivity contribution in [3.05, 3.63) is 63.7 Å². The number of rotatable bonds is 6. The largest absolute Gasteiger partial charge is 2.00 e. The van der Waals surface area contributed by atoms with Crippen LogP contribution in [0.3, 0.4) is 0 Å². The van der Waals surface area contributed by atoms with E-state index in [1.54, 1.807) is 0 Å².